The molecule has 0 bridgehead atoms. The molecule has 0 aliphatic rings. The molecule has 0 amide bonds. The summed E-state index contributed by atoms with van der Waals surface area (Å²) in [6, 6.07) is 16.0. The summed E-state index contributed by atoms with van der Waals surface area (Å²) in [5.74, 6) is 7.47. The molecule has 0 radical (unpaired) electrons. The van der Waals surface area contributed by atoms with E-state index < -0.39 is 0 Å². The van der Waals surface area contributed by atoms with Gasteiger partial charge in [-0.05, 0) is 42.7 Å². The van der Waals surface area contributed by atoms with Gasteiger partial charge in [-0.15, -0.1) is 0 Å². The minimum Gasteiger partial charge on any atom is -0.496 e. The Hall–Kier alpha value is -2.04. The summed E-state index contributed by atoms with van der Waals surface area (Å²) in [6.45, 7) is 2.64. The van der Waals surface area contributed by atoms with Gasteiger partial charge in [0, 0.05) is 0 Å². The van der Waals surface area contributed by atoms with Crippen LogP contribution in [0.25, 0.3) is 0 Å². The summed E-state index contributed by atoms with van der Waals surface area (Å²) >= 11 is 0. The average molecular weight is 286 g/mol. The van der Waals surface area contributed by atoms with E-state index in [1.807, 2.05) is 49.4 Å². The van der Waals surface area contributed by atoms with Crippen molar-refractivity contribution in [1.29, 1.82) is 0 Å². The van der Waals surface area contributed by atoms with Crippen LogP contribution in [0.15, 0.2) is 48.5 Å². The summed E-state index contributed by atoms with van der Waals surface area (Å²) < 4.78 is 10.8. The van der Waals surface area contributed by atoms with E-state index in [0.717, 1.165) is 29.0 Å². The minimum absolute atomic E-state index is 0.0250. The molecule has 0 spiro atoms. The maximum atomic E-state index is 5.72. The molecule has 1 atom stereocenters. The Labute approximate surface area is 125 Å². The number of hydrazine groups is 1. The molecular formula is C17H22N2O2. The van der Waals surface area contributed by atoms with Crippen molar-refractivity contribution < 1.29 is 9.47 Å². The van der Waals surface area contributed by atoms with Crippen molar-refractivity contribution in [2.45, 2.75) is 19.4 Å². The zero-order valence-corrected chi connectivity index (χ0v) is 12.5. The minimum atomic E-state index is 0.0250. The van der Waals surface area contributed by atoms with E-state index >= 15 is 0 Å². The monoisotopic (exact) mass is 286 g/mol. The van der Waals surface area contributed by atoms with Crippen molar-refractivity contribution >= 4 is 0 Å². The van der Waals surface area contributed by atoms with Gasteiger partial charge >= 0.3 is 0 Å². The number of hydrogen-bond donors (Lipinski definition) is 2. The number of benzene rings is 2. The maximum absolute atomic E-state index is 5.72. The first-order valence-corrected chi connectivity index (χ1v) is 7.09. The van der Waals surface area contributed by atoms with Gasteiger partial charge in [0.2, 0.25) is 0 Å². The molecule has 2 rings (SSSR count). The van der Waals surface area contributed by atoms with Crippen LogP contribution in [-0.4, -0.2) is 13.7 Å². The maximum Gasteiger partial charge on any atom is 0.122 e. The molecular weight excluding hydrogens is 264 g/mol. The van der Waals surface area contributed by atoms with Crippen molar-refractivity contribution in [2.75, 3.05) is 13.7 Å². The molecule has 0 saturated carbocycles. The molecule has 112 valence electrons. The molecule has 2 aromatic carbocycles. The SMILES string of the molecule is CCOc1ccc(C(Cc2ccccc2OC)NN)cc1. The van der Waals surface area contributed by atoms with Crippen LogP contribution in [-0.2, 0) is 6.42 Å². The molecule has 0 aliphatic heterocycles. The zero-order chi connectivity index (χ0) is 15.1. The first-order valence-electron chi connectivity index (χ1n) is 7.09. The molecule has 1 unspecified atom stereocenters. The Morgan fingerprint density at radius 1 is 1.10 bits per heavy atom. The van der Waals surface area contributed by atoms with Gasteiger partial charge in [-0.1, -0.05) is 30.3 Å². The predicted molar refractivity (Wildman–Crippen MR) is 84.4 cm³/mol. The molecule has 3 N–H and O–H groups in total. The number of methoxy groups -OCH3 is 1. The van der Waals surface area contributed by atoms with Gasteiger partial charge in [0.15, 0.2) is 0 Å². The highest BCUT2D eigenvalue weighted by Gasteiger charge is 2.13. The van der Waals surface area contributed by atoms with Gasteiger partial charge in [0.1, 0.15) is 11.5 Å². The van der Waals surface area contributed by atoms with E-state index in [1.165, 1.54) is 0 Å². The van der Waals surface area contributed by atoms with Crippen molar-refractivity contribution in [3.63, 3.8) is 0 Å². The molecule has 0 fully saturated rings. The van der Waals surface area contributed by atoms with Gasteiger partial charge in [0.25, 0.3) is 0 Å². The lowest BCUT2D eigenvalue weighted by atomic mass is 9.98. The second-order valence-electron chi connectivity index (χ2n) is 4.74. The number of ether oxygens (including phenoxy) is 2. The van der Waals surface area contributed by atoms with E-state index in [4.69, 9.17) is 15.3 Å². The lowest BCUT2D eigenvalue weighted by Crippen LogP contribution is -2.29. The normalized spacial score (nSPS) is 12.0. The third-order valence-electron chi connectivity index (χ3n) is 3.41. The van der Waals surface area contributed by atoms with Crippen LogP contribution in [0, 0.1) is 0 Å². The number of para-hydroxylation sites is 1. The first-order chi connectivity index (χ1) is 10.3. The Kier molecular flexibility index (Phi) is 5.60. The van der Waals surface area contributed by atoms with E-state index in [9.17, 15) is 0 Å². The summed E-state index contributed by atoms with van der Waals surface area (Å²) in [7, 11) is 1.68. The van der Waals surface area contributed by atoms with Crippen LogP contribution in [0.2, 0.25) is 0 Å². The molecule has 0 saturated heterocycles. The van der Waals surface area contributed by atoms with E-state index in [2.05, 4.69) is 11.5 Å². The van der Waals surface area contributed by atoms with Crippen molar-refractivity contribution in [3.8, 4) is 11.5 Å². The lowest BCUT2D eigenvalue weighted by molar-refractivity contribution is 0.340. The Morgan fingerprint density at radius 3 is 2.43 bits per heavy atom. The van der Waals surface area contributed by atoms with Crippen LogP contribution >= 0.6 is 0 Å². The lowest BCUT2D eigenvalue weighted by Gasteiger charge is -2.18. The van der Waals surface area contributed by atoms with E-state index in [1.54, 1.807) is 7.11 Å². The standard InChI is InChI=1S/C17H22N2O2/c1-3-21-15-10-8-13(9-11-15)16(19-18)12-14-6-4-5-7-17(14)20-2/h4-11,16,19H,3,12,18H2,1-2H3. The first kappa shape index (κ1) is 15.4. The molecule has 21 heavy (non-hydrogen) atoms. The van der Waals surface area contributed by atoms with Gasteiger partial charge in [0.05, 0.1) is 19.8 Å². The third kappa shape index (κ3) is 3.97. The van der Waals surface area contributed by atoms with Crippen LogP contribution in [0.1, 0.15) is 24.1 Å². The molecule has 0 heterocycles. The number of nitrogens with two attached hydrogens (primary N) is 1. The fourth-order valence-corrected chi connectivity index (χ4v) is 2.33. The summed E-state index contributed by atoms with van der Waals surface area (Å²) in [5, 5.41) is 0. The Balaban J connectivity index is 2.15. The molecule has 2 aromatic rings. The fraction of sp³-hybridized carbons (Fsp3) is 0.294. The topological polar surface area (TPSA) is 56.5 Å². The Bertz CT molecular complexity index is 555. The molecule has 0 aliphatic carbocycles. The molecule has 0 aromatic heterocycles. The summed E-state index contributed by atoms with van der Waals surface area (Å²) in [5.41, 5.74) is 5.11. The second-order valence-corrected chi connectivity index (χ2v) is 4.74. The van der Waals surface area contributed by atoms with Crippen molar-refractivity contribution in [1.82, 2.24) is 5.43 Å². The highest BCUT2D eigenvalue weighted by molar-refractivity contribution is 5.36. The van der Waals surface area contributed by atoms with Crippen LogP contribution in [0.5, 0.6) is 11.5 Å². The van der Waals surface area contributed by atoms with Crippen LogP contribution in [0.4, 0.5) is 0 Å². The summed E-state index contributed by atoms with van der Waals surface area (Å²) in [4.78, 5) is 0. The highest BCUT2D eigenvalue weighted by Crippen LogP contribution is 2.25. The third-order valence-corrected chi connectivity index (χ3v) is 3.41. The summed E-state index contributed by atoms with van der Waals surface area (Å²) in [6.07, 6.45) is 0.758. The van der Waals surface area contributed by atoms with Gasteiger partial charge < -0.3 is 9.47 Å². The second kappa shape index (κ2) is 7.67. The van der Waals surface area contributed by atoms with Crippen molar-refractivity contribution in [3.05, 3.63) is 59.7 Å². The fourth-order valence-electron chi connectivity index (χ4n) is 2.33. The number of hydrogen-bond acceptors (Lipinski definition) is 4. The van der Waals surface area contributed by atoms with E-state index in [-0.39, 0.29) is 6.04 Å². The number of rotatable bonds is 7. The van der Waals surface area contributed by atoms with E-state index in [0.29, 0.717) is 6.61 Å². The largest absolute Gasteiger partial charge is 0.496 e. The van der Waals surface area contributed by atoms with Gasteiger partial charge in [-0.25, -0.2) is 0 Å². The van der Waals surface area contributed by atoms with Gasteiger partial charge in [-0.2, -0.15) is 0 Å². The van der Waals surface area contributed by atoms with Crippen LogP contribution in [0.3, 0.4) is 0 Å². The van der Waals surface area contributed by atoms with Crippen LogP contribution < -0.4 is 20.7 Å². The smallest absolute Gasteiger partial charge is 0.122 e. The zero-order valence-electron chi connectivity index (χ0n) is 12.5. The average Bonchev–Trinajstić information content (AvgIpc) is 2.54. The van der Waals surface area contributed by atoms with Crippen molar-refractivity contribution in [2.24, 2.45) is 5.84 Å². The number of nitrogens with one attached hydrogen (secondary N) is 1. The highest BCUT2D eigenvalue weighted by atomic mass is 16.5. The molecule has 4 nitrogen and oxygen atoms in total. The Morgan fingerprint density at radius 2 is 1.81 bits per heavy atom. The predicted octanol–water partition coefficient (Wildman–Crippen LogP) is 2.84. The van der Waals surface area contributed by atoms with Gasteiger partial charge in [-0.3, -0.25) is 11.3 Å². The molecule has 4 heteroatoms. The quantitative estimate of drug-likeness (QED) is 0.607.